The Balaban J connectivity index is 0.00000192. The lowest BCUT2D eigenvalue weighted by atomic mass is 9.92. The van der Waals surface area contributed by atoms with Crippen LogP contribution in [0.3, 0.4) is 0 Å². The highest BCUT2D eigenvalue weighted by atomic mass is 35.5. The molecule has 1 saturated heterocycles. The fraction of sp³-hybridized carbons (Fsp3) is 0.412. The van der Waals surface area contributed by atoms with Gasteiger partial charge in [-0.25, -0.2) is 4.79 Å². The van der Waals surface area contributed by atoms with E-state index in [2.05, 4.69) is 10.6 Å². The summed E-state index contributed by atoms with van der Waals surface area (Å²) in [5, 5.41) is 7.01. The largest absolute Gasteiger partial charge is 0.422 e. The van der Waals surface area contributed by atoms with Gasteiger partial charge < -0.3 is 15.1 Å². The molecular formula is C17H21ClN2O3. The topological polar surface area (TPSA) is 71.3 Å². The highest BCUT2D eigenvalue weighted by molar-refractivity contribution is 5.96. The van der Waals surface area contributed by atoms with Crippen molar-refractivity contribution in [3.05, 3.63) is 46.3 Å². The van der Waals surface area contributed by atoms with E-state index in [1.807, 2.05) is 19.1 Å². The molecule has 0 bridgehead atoms. The number of carbonyl (C=O) groups excluding carboxylic acids is 1. The lowest BCUT2D eigenvalue weighted by Crippen LogP contribution is -2.45. The van der Waals surface area contributed by atoms with Crippen LogP contribution in [0.5, 0.6) is 0 Å². The van der Waals surface area contributed by atoms with E-state index in [0.29, 0.717) is 11.5 Å². The third-order valence-corrected chi connectivity index (χ3v) is 4.29. The molecule has 2 atom stereocenters. The van der Waals surface area contributed by atoms with E-state index in [-0.39, 0.29) is 29.9 Å². The number of rotatable bonds is 3. The van der Waals surface area contributed by atoms with E-state index in [9.17, 15) is 9.59 Å². The molecule has 6 heteroatoms. The van der Waals surface area contributed by atoms with Gasteiger partial charge in [0, 0.05) is 11.4 Å². The molecule has 2 heterocycles. The zero-order chi connectivity index (χ0) is 15.5. The second-order valence-electron chi connectivity index (χ2n) is 5.85. The van der Waals surface area contributed by atoms with Crippen LogP contribution >= 0.6 is 12.4 Å². The van der Waals surface area contributed by atoms with Crippen molar-refractivity contribution in [2.24, 2.45) is 5.92 Å². The quantitative estimate of drug-likeness (QED) is 0.844. The number of piperidine rings is 1. The third kappa shape index (κ3) is 3.92. The summed E-state index contributed by atoms with van der Waals surface area (Å²) in [5.41, 5.74) is -0.0342. The van der Waals surface area contributed by atoms with E-state index >= 15 is 0 Å². The molecule has 0 aliphatic carbocycles. The van der Waals surface area contributed by atoms with E-state index in [1.54, 1.807) is 18.2 Å². The van der Waals surface area contributed by atoms with Gasteiger partial charge in [0.15, 0.2) is 0 Å². The zero-order valence-electron chi connectivity index (χ0n) is 13.0. The summed E-state index contributed by atoms with van der Waals surface area (Å²) in [7, 11) is 0. The lowest BCUT2D eigenvalue weighted by Gasteiger charge is -2.28. The number of fused-ring (bicyclic) bond motifs is 1. The maximum absolute atomic E-state index is 12.4. The summed E-state index contributed by atoms with van der Waals surface area (Å²) in [5.74, 6) is 0.0303. The van der Waals surface area contributed by atoms with Crippen LogP contribution < -0.4 is 16.3 Å². The Kier molecular flexibility index (Phi) is 5.80. The van der Waals surface area contributed by atoms with Crippen molar-refractivity contribution >= 4 is 29.3 Å². The van der Waals surface area contributed by atoms with Crippen LogP contribution in [0.1, 0.15) is 30.1 Å². The van der Waals surface area contributed by atoms with Gasteiger partial charge in [-0.3, -0.25) is 4.79 Å². The number of nitrogens with one attached hydrogen (secondary N) is 2. The van der Waals surface area contributed by atoms with Crippen molar-refractivity contribution in [2.75, 3.05) is 13.1 Å². The fourth-order valence-electron chi connectivity index (χ4n) is 2.93. The molecule has 23 heavy (non-hydrogen) atoms. The molecule has 124 valence electrons. The van der Waals surface area contributed by atoms with Crippen LogP contribution in [0.15, 0.2) is 39.5 Å². The molecule has 5 nitrogen and oxygen atoms in total. The smallest absolute Gasteiger partial charge is 0.349 e. The molecule has 0 radical (unpaired) electrons. The first-order valence-electron chi connectivity index (χ1n) is 7.69. The van der Waals surface area contributed by atoms with Crippen molar-refractivity contribution in [2.45, 2.75) is 25.8 Å². The number of amides is 1. The standard InChI is InChI=1S/C17H20N2O3.ClH/c1-11(13-6-4-8-18-10-13)19-16(20)14-9-12-5-2-3-7-15(12)22-17(14)21;/h2-3,5,7,9,11,13,18H,4,6,8,10H2,1H3,(H,19,20);1H. The molecule has 1 aromatic heterocycles. The first-order chi connectivity index (χ1) is 10.6. The Morgan fingerprint density at radius 2 is 2.17 bits per heavy atom. The summed E-state index contributed by atoms with van der Waals surface area (Å²) in [6, 6.07) is 8.80. The highest BCUT2D eigenvalue weighted by Gasteiger charge is 2.23. The van der Waals surface area contributed by atoms with Crippen LogP contribution in [0.4, 0.5) is 0 Å². The molecular weight excluding hydrogens is 316 g/mol. The van der Waals surface area contributed by atoms with E-state index in [1.165, 1.54) is 0 Å². The number of hydrogen-bond donors (Lipinski definition) is 2. The van der Waals surface area contributed by atoms with E-state index in [0.717, 1.165) is 31.3 Å². The van der Waals surface area contributed by atoms with Gasteiger partial charge in [0.25, 0.3) is 5.91 Å². The van der Waals surface area contributed by atoms with Gasteiger partial charge in [0.05, 0.1) is 0 Å². The predicted octanol–water partition coefficient (Wildman–Crippen LogP) is 2.33. The number of para-hydroxylation sites is 1. The van der Waals surface area contributed by atoms with Crippen LogP contribution in [0.2, 0.25) is 0 Å². The fourth-order valence-corrected chi connectivity index (χ4v) is 2.93. The van der Waals surface area contributed by atoms with Gasteiger partial charge >= 0.3 is 5.63 Å². The summed E-state index contributed by atoms with van der Waals surface area (Å²) >= 11 is 0. The highest BCUT2D eigenvalue weighted by Crippen LogP contribution is 2.16. The van der Waals surface area contributed by atoms with Gasteiger partial charge in [-0.2, -0.15) is 0 Å². The minimum atomic E-state index is -0.592. The van der Waals surface area contributed by atoms with Crippen molar-refractivity contribution in [1.29, 1.82) is 0 Å². The lowest BCUT2D eigenvalue weighted by molar-refractivity contribution is 0.0918. The molecule has 1 aliphatic rings. The molecule has 3 rings (SSSR count). The van der Waals surface area contributed by atoms with E-state index in [4.69, 9.17) is 4.42 Å². The molecule has 1 amide bonds. The Bertz CT molecular complexity index is 738. The summed E-state index contributed by atoms with van der Waals surface area (Å²) in [6.45, 7) is 3.91. The Morgan fingerprint density at radius 3 is 2.91 bits per heavy atom. The van der Waals surface area contributed by atoms with Gasteiger partial charge in [-0.15, -0.1) is 12.4 Å². The van der Waals surface area contributed by atoms with Gasteiger partial charge in [-0.05, 0) is 50.9 Å². The van der Waals surface area contributed by atoms with Gasteiger partial charge in [0.2, 0.25) is 0 Å². The number of hydrogen-bond acceptors (Lipinski definition) is 4. The van der Waals surface area contributed by atoms with Crippen molar-refractivity contribution in [3.63, 3.8) is 0 Å². The Hall–Kier alpha value is -1.85. The average Bonchev–Trinajstić information content (AvgIpc) is 2.54. The monoisotopic (exact) mass is 336 g/mol. The number of carbonyl (C=O) groups is 1. The maximum atomic E-state index is 12.4. The van der Waals surface area contributed by atoms with Gasteiger partial charge in [-0.1, -0.05) is 18.2 Å². The first kappa shape index (κ1) is 17.5. The average molecular weight is 337 g/mol. The number of benzene rings is 1. The molecule has 1 aromatic carbocycles. The Morgan fingerprint density at radius 1 is 1.39 bits per heavy atom. The zero-order valence-corrected chi connectivity index (χ0v) is 13.8. The second kappa shape index (κ2) is 7.62. The minimum Gasteiger partial charge on any atom is -0.422 e. The van der Waals surface area contributed by atoms with E-state index < -0.39 is 5.63 Å². The summed E-state index contributed by atoms with van der Waals surface area (Å²) < 4.78 is 5.21. The minimum absolute atomic E-state index is 0. The molecule has 1 aliphatic heterocycles. The van der Waals surface area contributed by atoms with Gasteiger partial charge in [0.1, 0.15) is 11.1 Å². The van der Waals surface area contributed by atoms with Crippen molar-refractivity contribution in [3.8, 4) is 0 Å². The third-order valence-electron chi connectivity index (χ3n) is 4.29. The van der Waals surface area contributed by atoms with Crippen molar-refractivity contribution < 1.29 is 9.21 Å². The van der Waals surface area contributed by atoms with Crippen LogP contribution in [-0.2, 0) is 0 Å². The normalized spacial score (nSPS) is 18.9. The molecule has 2 unspecified atom stereocenters. The molecule has 0 saturated carbocycles. The summed E-state index contributed by atoms with van der Waals surface area (Å²) in [4.78, 5) is 24.4. The molecule has 0 spiro atoms. The van der Waals surface area contributed by atoms with Crippen LogP contribution in [0.25, 0.3) is 11.0 Å². The van der Waals surface area contributed by atoms with Crippen LogP contribution in [0, 0.1) is 5.92 Å². The molecule has 2 aromatic rings. The van der Waals surface area contributed by atoms with Crippen LogP contribution in [-0.4, -0.2) is 25.0 Å². The van der Waals surface area contributed by atoms with Crippen molar-refractivity contribution in [1.82, 2.24) is 10.6 Å². The number of halogens is 1. The Labute approximate surface area is 140 Å². The second-order valence-corrected chi connectivity index (χ2v) is 5.85. The SMILES string of the molecule is CC(NC(=O)c1cc2ccccc2oc1=O)C1CCCNC1.Cl. The molecule has 2 N–H and O–H groups in total. The summed E-state index contributed by atoms with van der Waals surface area (Å²) in [6.07, 6.45) is 2.20. The first-order valence-corrected chi connectivity index (χ1v) is 7.69. The maximum Gasteiger partial charge on any atom is 0.349 e. The predicted molar refractivity (Wildman–Crippen MR) is 92.3 cm³/mol. The molecule has 1 fully saturated rings.